The quantitative estimate of drug-likeness (QED) is 0.899. The standard InChI is InChI=1S/C21H25NO3/c1-14(2)13-22-18-8-6-5-7-17(18)21(3,20(22)24)12-15-11-16(25-4)9-10-19(15)23/h5-11,14,23H,12-13H2,1-4H3. The van der Waals surface area contributed by atoms with Crippen LogP contribution < -0.4 is 9.64 Å². The van der Waals surface area contributed by atoms with Gasteiger partial charge in [-0.1, -0.05) is 32.0 Å². The predicted molar refractivity (Wildman–Crippen MR) is 99.3 cm³/mol. The number of rotatable bonds is 5. The van der Waals surface area contributed by atoms with Gasteiger partial charge in [-0.05, 0) is 54.7 Å². The minimum atomic E-state index is -0.699. The summed E-state index contributed by atoms with van der Waals surface area (Å²) >= 11 is 0. The molecule has 0 aliphatic carbocycles. The van der Waals surface area contributed by atoms with E-state index in [1.165, 1.54) is 0 Å². The van der Waals surface area contributed by atoms with Crippen LogP contribution in [0.5, 0.6) is 11.5 Å². The maximum Gasteiger partial charge on any atom is 0.237 e. The number of ether oxygens (including phenoxy) is 1. The molecular formula is C21H25NO3. The first-order valence-electron chi connectivity index (χ1n) is 8.64. The molecule has 4 heteroatoms. The van der Waals surface area contributed by atoms with Crippen molar-refractivity contribution in [3.8, 4) is 11.5 Å². The Morgan fingerprint density at radius 1 is 1.20 bits per heavy atom. The van der Waals surface area contributed by atoms with Gasteiger partial charge in [-0.15, -0.1) is 0 Å². The second-order valence-corrected chi connectivity index (χ2v) is 7.33. The number of fused-ring (bicyclic) bond motifs is 1. The van der Waals surface area contributed by atoms with Crippen LogP contribution >= 0.6 is 0 Å². The van der Waals surface area contributed by atoms with E-state index in [1.807, 2.05) is 42.2 Å². The molecule has 25 heavy (non-hydrogen) atoms. The average molecular weight is 339 g/mol. The third kappa shape index (κ3) is 2.97. The Hall–Kier alpha value is -2.49. The summed E-state index contributed by atoms with van der Waals surface area (Å²) in [5.74, 6) is 1.33. The van der Waals surface area contributed by atoms with Crippen LogP contribution in [0.1, 0.15) is 31.9 Å². The smallest absolute Gasteiger partial charge is 0.237 e. The summed E-state index contributed by atoms with van der Waals surface area (Å²) in [6.07, 6.45) is 0.431. The van der Waals surface area contributed by atoms with E-state index in [4.69, 9.17) is 4.74 Å². The number of hydrogen-bond donors (Lipinski definition) is 1. The minimum absolute atomic E-state index is 0.0876. The maximum absolute atomic E-state index is 13.3. The zero-order chi connectivity index (χ0) is 18.2. The van der Waals surface area contributed by atoms with Gasteiger partial charge in [0.2, 0.25) is 5.91 Å². The van der Waals surface area contributed by atoms with Crippen molar-refractivity contribution in [1.82, 2.24) is 0 Å². The van der Waals surface area contributed by atoms with E-state index in [1.54, 1.807) is 19.2 Å². The van der Waals surface area contributed by atoms with E-state index in [-0.39, 0.29) is 11.7 Å². The molecule has 1 amide bonds. The lowest BCUT2D eigenvalue weighted by atomic mass is 9.78. The number of nitrogens with zero attached hydrogens (tertiary/aromatic N) is 1. The number of methoxy groups -OCH3 is 1. The van der Waals surface area contributed by atoms with E-state index in [0.29, 0.717) is 24.6 Å². The lowest BCUT2D eigenvalue weighted by Crippen LogP contribution is -2.41. The molecule has 1 atom stereocenters. The van der Waals surface area contributed by atoms with Gasteiger partial charge in [-0.2, -0.15) is 0 Å². The normalized spacial score (nSPS) is 19.4. The van der Waals surface area contributed by atoms with E-state index in [0.717, 1.165) is 16.8 Å². The average Bonchev–Trinajstić information content (AvgIpc) is 2.79. The summed E-state index contributed by atoms with van der Waals surface area (Å²) < 4.78 is 5.27. The Balaban J connectivity index is 2.04. The first-order valence-corrected chi connectivity index (χ1v) is 8.64. The number of para-hydroxylation sites is 1. The summed E-state index contributed by atoms with van der Waals surface area (Å²) in [7, 11) is 1.60. The van der Waals surface area contributed by atoms with Crippen molar-refractivity contribution >= 4 is 11.6 Å². The Morgan fingerprint density at radius 2 is 1.92 bits per heavy atom. The zero-order valence-corrected chi connectivity index (χ0v) is 15.2. The highest BCUT2D eigenvalue weighted by molar-refractivity contribution is 6.08. The monoisotopic (exact) mass is 339 g/mol. The van der Waals surface area contributed by atoms with Crippen LogP contribution in [0.2, 0.25) is 0 Å². The van der Waals surface area contributed by atoms with Crippen molar-refractivity contribution in [2.75, 3.05) is 18.6 Å². The van der Waals surface area contributed by atoms with Gasteiger partial charge in [0.05, 0.1) is 12.5 Å². The van der Waals surface area contributed by atoms with Crippen molar-refractivity contribution in [2.45, 2.75) is 32.6 Å². The zero-order valence-electron chi connectivity index (χ0n) is 15.2. The molecule has 2 aromatic carbocycles. The summed E-state index contributed by atoms with van der Waals surface area (Å²) in [6.45, 7) is 6.88. The molecule has 0 radical (unpaired) electrons. The number of carbonyl (C=O) groups excluding carboxylic acids is 1. The van der Waals surface area contributed by atoms with Crippen LogP contribution in [0, 0.1) is 5.92 Å². The summed E-state index contributed by atoms with van der Waals surface area (Å²) in [6, 6.07) is 13.1. The first kappa shape index (κ1) is 17.3. The molecule has 0 bridgehead atoms. The van der Waals surface area contributed by atoms with Gasteiger partial charge in [0.25, 0.3) is 0 Å². The number of anilines is 1. The van der Waals surface area contributed by atoms with Crippen molar-refractivity contribution in [1.29, 1.82) is 0 Å². The van der Waals surface area contributed by atoms with Crippen LogP contribution in [-0.2, 0) is 16.6 Å². The van der Waals surface area contributed by atoms with Crippen LogP contribution in [-0.4, -0.2) is 24.7 Å². The fourth-order valence-corrected chi connectivity index (χ4v) is 3.63. The van der Waals surface area contributed by atoms with Crippen LogP contribution in [0.3, 0.4) is 0 Å². The van der Waals surface area contributed by atoms with Gasteiger partial charge < -0.3 is 14.7 Å². The van der Waals surface area contributed by atoms with E-state index >= 15 is 0 Å². The van der Waals surface area contributed by atoms with Gasteiger partial charge >= 0.3 is 0 Å². The van der Waals surface area contributed by atoms with Crippen molar-refractivity contribution in [2.24, 2.45) is 5.92 Å². The van der Waals surface area contributed by atoms with Gasteiger partial charge in [-0.3, -0.25) is 4.79 Å². The first-order chi connectivity index (χ1) is 11.9. The molecule has 1 aliphatic rings. The van der Waals surface area contributed by atoms with Crippen molar-refractivity contribution in [3.05, 3.63) is 53.6 Å². The molecule has 132 valence electrons. The van der Waals surface area contributed by atoms with Gasteiger partial charge in [0.15, 0.2) is 0 Å². The van der Waals surface area contributed by atoms with Crippen LogP contribution in [0.4, 0.5) is 5.69 Å². The highest BCUT2D eigenvalue weighted by Crippen LogP contribution is 2.45. The lowest BCUT2D eigenvalue weighted by molar-refractivity contribution is -0.122. The van der Waals surface area contributed by atoms with Gasteiger partial charge in [0.1, 0.15) is 11.5 Å². The number of carbonyl (C=O) groups is 1. The summed E-state index contributed by atoms with van der Waals surface area (Å²) in [5, 5.41) is 10.3. The minimum Gasteiger partial charge on any atom is -0.508 e. The molecular weight excluding hydrogens is 314 g/mol. The molecule has 1 unspecified atom stereocenters. The topological polar surface area (TPSA) is 49.8 Å². The number of hydrogen-bond acceptors (Lipinski definition) is 3. The summed E-state index contributed by atoms with van der Waals surface area (Å²) in [5.41, 5.74) is 2.01. The molecule has 0 saturated carbocycles. The predicted octanol–water partition coefficient (Wildman–Crippen LogP) is 3.90. The SMILES string of the molecule is COc1ccc(O)c(CC2(C)C(=O)N(CC(C)C)c3ccccc32)c1. The molecule has 4 nitrogen and oxygen atoms in total. The van der Waals surface area contributed by atoms with Gasteiger partial charge in [0, 0.05) is 12.2 Å². The number of phenolic OH excluding ortho intramolecular Hbond substituents is 1. The van der Waals surface area contributed by atoms with Crippen LogP contribution in [0.25, 0.3) is 0 Å². The summed E-state index contributed by atoms with van der Waals surface area (Å²) in [4.78, 5) is 15.2. The molecule has 0 spiro atoms. The fraction of sp³-hybridized carbons (Fsp3) is 0.381. The third-order valence-corrected chi connectivity index (χ3v) is 4.88. The molecule has 0 fully saturated rings. The second kappa shape index (κ2) is 6.43. The van der Waals surface area contributed by atoms with Gasteiger partial charge in [-0.25, -0.2) is 0 Å². The van der Waals surface area contributed by atoms with Crippen LogP contribution in [0.15, 0.2) is 42.5 Å². The van der Waals surface area contributed by atoms with E-state index in [9.17, 15) is 9.90 Å². The van der Waals surface area contributed by atoms with E-state index in [2.05, 4.69) is 13.8 Å². The van der Waals surface area contributed by atoms with Crippen molar-refractivity contribution < 1.29 is 14.6 Å². The van der Waals surface area contributed by atoms with E-state index < -0.39 is 5.41 Å². The molecule has 0 aromatic heterocycles. The number of aromatic hydroxyl groups is 1. The Kier molecular flexibility index (Phi) is 4.46. The molecule has 2 aromatic rings. The molecule has 1 aliphatic heterocycles. The highest BCUT2D eigenvalue weighted by Gasteiger charge is 2.47. The Bertz CT molecular complexity index is 799. The molecule has 3 rings (SSSR count). The molecule has 0 saturated heterocycles. The second-order valence-electron chi connectivity index (χ2n) is 7.33. The number of phenols is 1. The number of benzene rings is 2. The number of amides is 1. The largest absolute Gasteiger partial charge is 0.508 e. The molecule has 1 N–H and O–H groups in total. The molecule has 1 heterocycles. The Morgan fingerprint density at radius 3 is 2.60 bits per heavy atom. The Labute approximate surface area is 149 Å². The fourth-order valence-electron chi connectivity index (χ4n) is 3.63. The third-order valence-electron chi connectivity index (χ3n) is 4.88. The highest BCUT2D eigenvalue weighted by atomic mass is 16.5. The van der Waals surface area contributed by atoms with Crippen molar-refractivity contribution in [3.63, 3.8) is 0 Å². The lowest BCUT2D eigenvalue weighted by Gasteiger charge is -2.26. The maximum atomic E-state index is 13.3.